The molecule has 156 valence electrons. The van der Waals surface area contributed by atoms with Gasteiger partial charge in [-0.1, -0.05) is 46.7 Å². The van der Waals surface area contributed by atoms with Gasteiger partial charge in [0.05, 0.1) is 18.5 Å². The molecule has 0 radical (unpaired) electrons. The van der Waals surface area contributed by atoms with Crippen molar-refractivity contribution in [3.8, 4) is 23.4 Å². The van der Waals surface area contributed by atoms with E-state index in [1.54, 1.807) is 18.2 Å². The summed E-state index contributed by atoms with van der Waals surface area (Å²) in [4.78, 5) is 23.4. The fourth-order valence-corrected chi connectivity index (χ4v) is 3.16. The van der Waals surface area contributed by atoms with Crippen molar-refractivity contribution in [1.29, 1.82) is 0 Å². The van der Waals surface area contributed by atoms with Crippen molar-refractivity contribution in [2.24, 2.45) is 5.73 Å². The molecule has 2 rings (SSSR count). The Bertz CT molecular complexity index is 924. The number of aromatic nitrogens is 2. The third-order valence-electron chi connectivity index (χ3n) is 4.14. The zero-order chi connectivity index (χ0) is 21.1. The highest BCUT2D eigenvalue weighted by Crippen LogP contribution is 2.15. The van der Waals surface area contributed by atoms with Crippen LogP contribution < -0.4 is 11.4 Å². The van der Waals surface area contributed by atoms with Gasteiger partial charge in [-0.2, -0.15) is 0 Å². The topological polar surface area (TPSA) is 99.5 Å². The number of primary amides is 1. The molecule has 0 spiro atoms. The van der Waals surface area contributed by atoms with E-state index in [0.29, 0.717) is 24.3 Å². The minimum Gasteiger partial charge on any atom is -0.493 e. The summed E-state index contributed by atoms with van der Waals surface area (Å²) in [6.07, 6.45) is 6.46. The minimum absolute atomic E-state index is 0.272. The number of ether oxygens (including phenoxy) is 1. The summed E-state index contributed by atoms with van der Waals surface area (Å²) in [5.41, 5.74) is 5.75. The van der Waals surface area contributed by atoms with Crippen LogP contribution in [0.5, 0.6) is 5.88 Å². The molecule has 0 saturated carbocycles. The lowest BCUT2D eigenvalue weighted by molar-refractivity contribution is -0.118. The van der Waals surface area contributed by atoms with Crippen LogP contribution in [0.2, 0.25) is 0 Å². The predicted octanol–water partition coefficient (Wildman–Crippen LogP) is 2.54. The third-order valence-corrected chi connectivity index (χ3v) is 4.71. The van der Waals surface area contributed by atoms with Crippen molar-refractivity contribution in [2.45, 2.75) is 38.6 Å². The number of unbranched alkanes of at least 4 members (excludes halogenated alkanes) is 3. The van der Waals surface area contributed by atoms with Crippen molar-refractivity contribution >= 4 is 21.8 Å². The zero-order valence-corrected chi connectivity index (χ0v) is 17.9. The highest BCUT2D eigenvalue weighted by Gasteiger charge is 2.13. The number of halogens is 1. The van der Waals surface area contributed by atoms with E-state index in [1.807, 2.05) is 6.07 Å². The van der Waals surface area contributed by atoms with Gasteiger partial charge < -0.3 is 15.6 Å². The van der Waals surface area contributed by atoms with Crippen LogP contribution in [0.1, 0.15) is 37.7 Å². The van der Waals surface area contributed by atoms with E-state index in [1.165, 1.54) is 25.5 Å². The lowest BCUT2D eigenvalue weighted by Crippen LogP contribution is -2.28. The van der Waals surface area contributed by atoms with Gasteiger partial charge in [0.15, 0.2) is 0 Å². The Balaban J connectivity index is 1.91. The first-order valence-corrected chi connectivity index (χ1v) is 10.7. The first-order valence-electron chi connectivity index (χ1n) is 9.55. The summed E-state index contributed by atoms with van der Waals surface area (Å²) < 4.78 is 7.74. The first kappa shape index (κ1) is 22.8. The van der Waals surface area contributed by atoms with Crippen molar-refractivity contribution in [1.82, 2.24) is 9.13 Å². The zero-order valence-electron chi connectivity index (χ0n) is 16.3. The van der Waals surface area contributed by atoms with Gasteiger partial charge in [0.1, 0.15) is 6.54 Å². The van der Waals surface area contributed by atoms with Crippen LogP contribution in [0.3, 0.4) is 0 Å². The van der Waals surface area contributed by atoms with Gasteiger partial charge in [-0.05, 0) is 31.0 Å². The molecule has 2 aromatic rings. The van der Waals surface area contributed by atoms with Crippen LogP contribution in [0.25, 0.3) is 5.69 Å². The van der Waals surface area contributed by atoms with Gasteiger partial charge in [-0.25, -0.2) is 9.36 Å². The second-order valence-corrected chi connectivity index (χ2v) is 7.31. The Morgan fingerprint density at radius 1 is 1.21 bits per heavy atom. The third kappa shape index (κ3) is 7.44. The maximum atomic E-state index is 12.4. The molecule has 0 fully saturated rings. The molecule has 0 bridgehead atoms. The molecule has 0 unspecified atom stereocenters. The number of aromatic hydroxyl groups is 1. The van der Waals surface area contributed by atoms with Gasteiger partial charge in [0.25, 0.3) is 0 Å². The molecule has 1 aromatic carbocycles. The number of nitrogens with zero attached hydrogens (tertiary/aromatic N) is 2. The van der Waals surface area contributed by atoms with Crippen LogP contribution in [0.15, 0.2) is 35.3 Å². The van der Waals surface area contributed by atoms with E-state index in [4.69, 9.17) is 10.5 Å². The smallest absolute Gasteiger partial charge is 0.336 e. The molecule has 1 heterocycles. The van der Waals surface area contributed by atoms with Crippen LogP contribution in [-0.4, -0.2) is 38.7 Å². The molecule has 29 heavy (non-hydrogen) atoms. The Morgan fingerprint density at radius 2 is 2.00 bits per heavy atom. The highest BCUT2D eigenvalue weighted by atomic mass is 79.9. The fraction of sp³-hybridized carbons (Fsp3) is 0.429. The molecule has 8 heteroatoms. The highest BCUT2D eigenvalue weighted by molar-refractivity contribution is 9.09. The van der Waals surface area contributed by atoms with Crippen molar-refractivity contribution < 1.29 is 14.6 Å². The normalized spacial score (nSPS) is 10.5. The molecule has 0 saturated heterocycles. The number of rotatable bonds is 11. The molecular formula is C21H26BrN3O4. The lowest BCUT2D eigenvalue weighted by atomic mass is 10.2. The summed E-state index contributed by atoms with van der Waals surface area (Å²) in [7, 11) is 0. The maximum Gasteiger partial charge on any atom is 0.336 e. The van der Waals surface area contributed by atoms with E-state index < -0.39 is 11.6 Å². The second-order valence-electron chi connectivity index (χ2n) is 6.52. The van der Waals surface area contributed by atoms with Gasteiger partial charge in [0.2, 0.25) is 11.8 Å². The lowest BCUT2D eigenvalue weighted by Gasteiger charge is -2.03. The Morgan fingerprint density at radius 3 is 2.76 bits per heavy atom. The van der Waals surface area contributed by atoms with Gasteiger partial charge in [-0.15, -0.1) is 0 Å². The summed E-state index contributed by atoms with van der Waals surface area (Å²) in [5, 5.41) is 11.1. The van der Waals surface area contributed by atoms with Crippen LogP contribution in [0, 0.1) is 11.8 Å². The number of amides is 1. The van der Waals surface area contributed by atoms with E-state index in [0.717, 1.165) is 27.5 Å². The monoisotopic (exact) mass is 463 g/mol. The number of hydrogen-bond donors (Lipinski definition) is 2. The average Bonchev–Trinajstić information content (AvgIpc) is 2.96. The van der Waals surface area contributed by atoms with Crippen LogP contribution in [-0.2, 0) is 16.1 Å². The number of imidazole rings is 1. The number of alkyl halides is 1. The summed E-state index contributed by atoms with van der Waals surface area (Å²) in [5.74, 6) is 5.16. The predicted molar refractivity (Wildman–Crippen MR) is 115 cm³/mol. The molecule has 7 nitrogen and oxygen atoms in total. The molecule has 0 aliphatic carbocycles. The molecule has 3 N–H and O–H groups in total. The maximum absolute atomic E-state index is 12.4. The number of benzene rings is 1. The summed E-state index contributed by atoms with van der Waals surface area (Å²) in [6, 6.07) is 6.96. The summed E-state index contributed by atoms with van der Waals surface area (Å²) in [6.45, 7) is 1.04. The molecule has 0 aliphatic heterocycles. The largest absolute Gasteiger partial charge is 0.493 e. The number of carbonyl (C=O) groups is 1. The number of carbonyl (C=O) groups excluding carboxylic acids is 1. The van der Waals surface area contributed by atoms with Crippen molar-refractivity contribution in [3.63, 3.8) is 0 Å². The quantitative estimate of drug-likeness (QED) is 0.303. The van der Waals surface area contributed by atoms with Gasteiger partial charge in [-0.3, -0.25) is 9.36 Å². The number of nitrogens with two attached hydrogens (primary N) is 1. The SMILES string of the molecule is NC(=O)Cn1cc(O)n(-c2cccc(C#CCCOCCCCCCBr)c2)c1=O. The Labute approximate surface area is 178 Å². The van der Waals surface area contributed by atoms with E-state index in [9.17, 15) is 14.7 Å². The fourth-order valence-electron chi connectivity index (χ4n) is 2.77. The molecule has 1 amide bonds. The molecule has 0 aliphatic rings. The van der Waals surface area contributed by atoms with E-state index in [-0.39, 0.29) is 12.4 Å². The van der Waals surface area contributed by atoms with E-state index in [2.05, 4.69) is 27.8 Å². The van der Waals surface area contributed by atoms with Crippen LogP contribution in [0.4, 0.5) is 0 Å². The summed E-state index contributed by atoms with van der Waals surface area (Å²) >= 11 is 3.42. The Kier molecular flexibility index (Phi) is 9.54. The molecule has 0 atom stereocenters. The van der Waals surface area contributed by atoms with Crippen molar-refractivity contribution in [3.05, 3.63) is 46.5 Å². The average molecular weight is 464 g/mol. The second kappa shape index (κ2) is 12.1. The van der Waals surface area contributed by atoms with Gasteiger partial charge >= 0.3 is 5.69 Å². The van der Waals surface area contributed by atoms with Gasteiger partial charge in [0, 0.05) is 23.9 Å². The van der Waals surface area contributed by atoms with E-state index >= 15 is 0 Å². The minimum atomic E-state index is -0.662. The Hall–Kier alpha value is -2.50. The number of hydrogen-bond acceptors (Lipinski definition) is 4. The van der Waals surface area contributed by atoms with Crippen LogP contribution >= 0.6 is 15.9 Å². The van der Waals surface area contributed by atoms with Crippen molar-refractivity contribution in [2.75, 3.05) is 18.5 Å². The molecular weight excluding hydrogens is 438 g/mol. The first-order chi connectivity index (χ1) is 14.0. The molecule has 1 aromatic heterocycles. The standard InChI is InChI=1S/C21H26BrN3O4/c22-11-4-1-2-5-12-29-13-6-3-8-17-9-7-10-18(14-17)25-20(27)16-24(21(25)28)15-19(23)26/h7,9-10,14,16,27H,1-2,4-6,11-13,15H2,(H2,23,26).